The molecule has 3 nitrogen and oxygen atoms in total. The van der Waals surface area contributed by atoms with Gasteiger partial charge >= 0.3 is 0 Å². The molecule has 27 heavy (non-hydrogen) atoms. The van der Waals surface area contributed by atoms with Crippen LogP contribution >= 0.6 is 11.6 Å². The van der Waals surface area contributed by atoms with Crippen molar-refractivity contribution in [3.05, 3.63) is 105 Å². The van der Waals surface area contributed by atoms with E-state index >= 15 is 0 Å². The lowest BCUT2D eigenvalue weighted by atomic mass is 9.95. The topological polar surface area (TPSA) is 31.2 Å². The SMILES string of the molecule is O=c1ccccn1C(c1ccccc1)C(OCC1CC1)c1ccc(Cl)cc1. The third-order valence-electron chi connectivity index (χ3n) is 4.99. The van der Waals surface area contributed by atoms with Gasteiger partial charge in [-0.05, 0) is 48.1 Å². The van der Waals surface area contributed by atoms with E-state index in [1.165, 1.54) is 12.8 Å². The Bertz CT molecular complexity index is 932. The number of ether oxygens (including phenoxy) is 1. The fourth-order valence-corrected chi connectivity index (χ4v) is 3.47. The average Bonchev–Trinajstić information content (AvgIpc) is 3.52. The molecule has 2 aromatic carbocycles. The number of nitrogens with zero attached hydrogens (tertiary/aromatic N) is 1. The molecule has 1 saturated carbocycles. The van der Waals surface area contributed by atoms with E-state index in [1.54, 1.807) is 16.7 Å². The van der Waals surface area contributed by atoms with Gasteiger partial charge in [0.05, 0.1) is 12.6 Å². The van der Waals surface area contributed by atoms with E-state index in [-0.39, 0.29) is 17.7 Å². The third kappa shape index (κ3) is 4.32. The summed E-state index contributed by atoms with van der Waals surface area (Å²) in [6.45, 7) is 0.707. The van der Waals surface area contributed by atoms with Crippen LogP contribution in [0.4, 0.5) is 0 Å². The number of aromatic nitrogens is 1. The molecule has 0 N–H and O–H groups in total. The monoisotopic (exact) mass is 379 g/mol. The molecule has 1 fully saturated rings. The Hall–Kier alpha value is -2.36. The van der Waals surface area contributed by atoms with Crippen LogP contribution in [-0.4, -0.2) is 11.2 Å². The molecule has 1 aliphatic carbocycles. The van der Waals surface area contributed by atoms with Crippen molar-refractivity contribution in [3.8, 4) is 0 Å². The van der Waals surface area contributed by atoms with E-state index < -0.39 is 0 Å². The molecular weight excluding hydrogens is 358 g/mol. The van der Waals surface area contributed by atoms with E-state index in [2.05, 4.69) is 0 Å². The standard InChI is InChI=1S/C23H22ClNO2/c24-20-13-11-19(12-14-20)23(27-16-17-9-10-17)22(18-6-2-1-3-7-18)25-15-5-4-8-21(25)26/h1-8,11-15,17,22-23H,9-10,16H2. The van der Waals surface area contributed by atoms with E-state index in [0.29, 0.717) is 17.5 Å². The maximum Gasteiger partial charge on any atom is 0.251 e. The molecule has 0 spiro atoms. The molecule has 1 heterocycles. The first kappa shape index (κ1) is 18.0. The Balaban J connectivity index is 1.80. The van der Waals surface area contributed by atoms with Crippen LogP contribution in [0.25, 0.3) is 0 Å². The van der Waals surface area contributed by atoms with E-state index in [1.807, 2.05) is 66.9 Å². The van der Waals surface area contributed by atoms with Gasteiger partial charge in [-0.2, -0.15) is 0 Å². The van der Waals surface area contributed by atoms with Gasteiger partial charge in [0.25, 0.3) is 5.56 Å². The predicted molar refractivity (Wildman–Crippen MR) is 108 cm³/mol. The fraction of sp³-hybridized carbons (Fsp3) is 0.261. The van der Waals surface area contributed by atoms with Gasteiger partial charge in [-0.25, -0.2) is 0 Å². The van der Waals surface area contributed by atoms with Gasteiger partial charge in [-0.15, -0.1) is 0 Å². The molecule has 2 unspecified atom stereocenters. The van der Waals surface area contributed by atoms with Crippen LogP contribution < -0.4 is 5.56 Å². The van der Waals surface area contributed by atoms with Crippen molar-refractivity contribution in [2.45, 2.75) is 25.0 Å². The molecule has 1 aromatic heterocycles. The van der Waals surface area contributed by atoms with Gasteiger partial charge in [0.2, 0.25) is 0 Å². The van der Waals surface area contributed by atoms with Crippen LogP contribution in [0.15, 0.2) is 83.8 Å². The molecule has 1 aliphatic rings. The number of benzene rings is 2. The van der Waals surface area contributed by atoms with E-state index in [9.17, 15) is 4.79 Å². The molecule has 138 valence electrons. The van der Waals surface area contributed by atoms with Gasteiger partial charge in [-0.1, -0.05) is 60.1 Å². The smallest absolute Gasteiger partial charge is 0.251 e. The molecule has 0 radical (unpaired) electrons. The Kier molecular flexibility index (Phi) is 5.42. The van der Waals surface area contributed by atoms with Gasteiger partial charge in [-0.3, -0.25) is 4.79 Å². The summed E-state index contributed by atoms with van der Waals surface area (Å²) >= 11 is 6.10. The summed E-state index contributed by atoms with van der Waals surface area (Å²) in [7, 11) is 0. The molecule has 4 rings (SSSR count). The minimum absolute atomic E-state index is 0.0414. The fourth-order valence-electron chi connectivity index (χ4n) is 3.35. The summed E-state index contributed by atoms with van der Waals surface area (Å²) in [5.41, 5.74) is 2.02. The predicted octanol–water partition coefficient (Wildman–Crippen LogP) is 5.26. The highest BCUT2D eigenvalue weighted by molar-refractivity contribution is 6.30. The minimum Gasteiger partial charge on any atom is -0.371 e. The first-order valence-electron chi connectivity index (χ1n) is 9.31. The first-order chi connectivity index (χ1) is 13.2. The highest BCUT2D eigenvalue weighted by Crippen LogP contribution is 2.38. The molecule has 0 aliphatic heterocycles. The zero-order valence-corrected chi connectivity index (χ0v) is 15.8. The number of hydrogen-bond acceptors (Lipinski definition) is 2. The summed E-state index contributed by atoms with van der Waals surface area (Å²) in [5, 5.41) is 0.688. The van der Waals surface area contributed by atoms with Crippen molar-refractivity contribution in [2.24, 2.45) is 5.92 Å². The van der Waals surface area contributed by atoms with Crippen molar-refractivity contribution >= 4 is 11.6 Å². The second-order valence-corrected chi connectivity index (χ2v) is 7.49. The normalized spacial score (nSPS) is 16.0. The number of pyridine rings is 1. The van der Waals surface area contributed by atoms with Crippen LogP contribution in [0.5, 0.6) is 0 Å². The average molecular weight is 380 g/mol. The summed E-state index contributed by atoms with van der Waals surface area (Å²) in [4.78, 5) is 12.7. The van der Waals surface area contributed by atoms with Crippen LogP contribution in [0.2, 0.25) is 5.02 Å². The second kappa shape index (κ2) is 8.12. The van der Waals surface area contributed by atoms with Gasteiger partial charge in [0, 0.05) is 17.3 Å². The highest BCUT2D eigenvalue weighted by atomic mass is 35.5. The zero-order chi connectivity index (χ0) is 18.6. The molecule has 2 atom stereocenters. The molecular formula is C23H22ClNO2. The minimum atomic E-state index is -0.273. The van der Waals surface area contributed by atoms with Crippen LogP contribution in [-0.2, 0) is 4.74 Å². The summed E-state index contributed by atoms with van der Waals surface area (Å²) in [6.07, 6.45) is 4.00. The van der Waals surface area contributed by atoms with Gasteiger partial charge in [0.1, 0.15) is 6.10 Å². The van der Waals surface area contributed by atoms with Crippen molar-refractivity contribution in [1.29, 1.82) is 0 Å². The summed E-state index contributed by atoms with van der Waals surface area (Å²) in [6, 6.07) is 22.8. The Morgan fingerprint density at radius 2 is 1.63 bits per heavy atom. The maximum absolute atomic E-state index is 12.7. The lowest BCUT2D eigenvalue weighted by Crippen LogP contribution is -2.30. The van der Waals surface area contributed by atoms with Gasteiger partial charge in [0.15, 0.2) is 0 Å². The Labute approximate surface area is 164 Å². The first-order valence-corrected chi connectivity index (χ1v) is 9.69. The van der Waals surface area contributed by atoms with E-state index in [0.717, 1.165) is 11.1 Å². The largest absolute Gasteiger partial charge is 0.371 e. The highest BCUT2D eigenvalue weighted by Gasteiger charge is 2.31. The van der Waals surface area contributed by atoms with Crippen LogP contribution in [0.1, 0.15) is 36.1 Å². The van der Waals surface area contributed by atoms with Crippen LogP contribution in [0, 0.1) is 5.92 Å². The quantitative estimate of drug-likeness (QED) is 0.560. The molecule has 0 bridgehead atoms. The van der Waals surface area contributed by atoms with Crippen molar-refractivity contribution in [1.82, 2.24) is 4.57 Å². The third-order valence-corrected chi connectivity index (χ3v) is 5.24. The second-order valence-electron chi connectivity index (χ2n) is 7.05. The Morgan fingerprint density at radius 1 is 0.926 bits per heavy atom. The maximum atomic E-state index is 12.7. The number of hydrogen-bond donors (Lipinski definition) is 0. The van der Waals surface area contributed by atoms with Crippen molar-refractivity contribution < 1.29 is 4.74 Å². The number of halogens is 1. The number of rotatable bonds is 7. The lowest BCUT2D eigenvalue weighted by Gasteiger charge is -2.30. The van der Waals surface area contributed by atoms with E-state index in [4.69, 9.17) is 16.3 Å². The summed E-state index contributed by atoms with van der Waals surface area (Å²) in [5.74, 6) is 0.628. The lowest BCUT2D eigenvalue weighted by molar-refractivity contribution is 0.0183. The zero-order valence-electron chi connectivity index (χ0n) is 15.0. The van der Waals surface area contributed by atoms with Crippen LogP contribution in [0.3, 0.4) is 0 Å². The molecule has 0 amide bonds. The Morgan fingerprint density at radius 3 is 2.30 bits per heavy atom. The van der Waals surface area contributed by atoms with Crippen molar-refractivity contribution in [3.63, 3.8) is 0 Å². The van der Waals surface area contributed by atoms with Gasteiger partial charge < -0.3 is 9.30 Å². The van der Waals surface area contributed by atoms with Crippen molar-refractivity contribution in [2.75, 3.05) is 6.61 Å². The molecule has 0 saturated heterocycles. The molecule has 4 heteroatoms. The molecule has 3 aromatic rings. The summed E-state index contributed by atoms with van der Waals surface area (Å²) < 4.78 is 8.18.